The van der Waals surface area contributed by atoms with Crippen LogP contribution in [0, 0.1) is 5.92 Å². The SMILES string of the molecule is COC(=O)[C@@H](NC(=O)[C@H](CCC(C)=O)NC(=O)OC(C)(C)C)C(C)C. The van der Waals surface area contributed by atoms with Crippen LogP contribution in [0.5, 0.6) is 0 Å². The topological polar surface area (TPSA) is 111 Å². The first-order valence-corrected chi connectivity index (χ1v) is 8.24. The fourth-order valence-corrected chi connectivity index (χ4v) is 1.94. The van der Waals surface area contributed by atoms with Gasteiger partial charge in [-0.1, -0.05) is 13.8 Å². The number of nitrogens with one attached hydrogen (secondary N) is 2. The smallest absolute Gasteiger partial charge is 0.408 e. The summed E-state index contributed by atoms with van der Waals surface area (Å²) in [5, 5.41) is 5.02. The van der Waals surface area contributed by atoms with E-state index in [2.05, 4.69) is 15.4 Å². The van der Waals surface area contributed by atoms with Gasteiger partial charge in [-0.05, 0) is 40.0 Å². The van der Waals surface area contributed by atoms with Crippen molar-refractivity contribution in [1.82, 2.24) is 10.6 Å². The number of amides is 2. The summed E-state index contributed by atoms with van der Waals surface area (Å²) in [6.07, 6.45) is -0.555. The summed E-state index contributed by atoms with van der Waals surface area (Å²) < 4.78 is 9.82. The predicted molar refractivity (Wildman–Crippen MR) is 91.9 cm³/mol. The van der Waals surface area contributed by atoms with E-state index in [1.807, 2.05) is 0 Å². The zero-order valence-corrected chi connectivity index (χ0v) is 16.1. The average molecular weight is 358 g/mol. The van der Waals surface area contributed by atoms with Crippen molar-refractivity contribution < 1.29 is 28.7 Å². The molecule has 0 aromatic carbocycles. The third kappa shape index (κ3) is 9.69. The highest BCUT2D eigenvalue weighted by atomic mass is 16.6. The van der Waals surface area contributed by atoms with E-state index >= 15 is 0 Å². The van der Waals surface area contributed by atoms with Crippen LogP contribution in [0.25, 0.3) is 0 Å². The maximum absolute atomic E-state index is 12.5. The molecule has 144 valence electrons. The number of hydrogen-bond donors (Lipinski definition) is 2. The summed E-state index contributed by atoms with van der Waals surface area (Å²) in [7, 11) is 1.23. The van der Waals surface area contributed by atoms with E-state index in [0.29, 0.717) is 0 Å². The molecule has 0 heterocycles. The second-order valence-electron chi connectivity index (χ2n) is 7.19. The van der Waals surface area contributed by atoms with Crippen molar-refractivity contribution in [2.75, 3.05) is 7.11 Å². The average Bonchev–Trinajstić information content (AvgIpc) is 2.45. The van der Waals surface area contributed by atoms with Crippen LogP contribution >= 0.6 is 0 Å². The van der Waals surface area contributed by atoms with Crippen LogP contribution in [0.4, 0.5) is 4.79 Å². The van der Waals surface area contributed by atoms with E-state index in [1.165, 1.54) is 14.0 Å². The first-order chi connectivity index (χ1) is 11.4. The van der Waals surface area contributed by atoms with E-state index in [-0.39, 0.29) is 24.5 Å². The molecule has 0 aliphatic heterocycles. The molecule has 2 atom stereocenters. The molecule has 0 rings (SSSR count). The zero-order valence-electron chi connectivity index (χ0n) is 16.1. The number of ketones is 1. The van der Waals surface area contributed by atoms with Gasteiger partial charge in [0.05, 0.1) is 7.11 Å². The first kappa shape index (κ1) is 22.9. The largest absolute Gasteiger partial charge is 0.467 e. The number of hydrogen-bond acceptors (Lipinski definition) is 6. The molecular weight excluding hydrogens is 328 g/mol. The lowest BCUT2D eigenvalue weighted by molar-refractivity contribution is -0.146. The Morgan fingerprint density at radius 3 is 2.00 bits per heavy atom. The third-order valence-corrected chi connectivity index (χ3v) is 3.21. The number of Topliss-reactive ketones (excluding diaryl/α,β-unsaturated/α-hetero) is 1. The maximum Gasteiger partial charge on any atom is 0.408 e. The van der Waals surface area contributed by atoms with Crippen LogP contribution in [0.3, 0.4) is 0 Å². The molecule has 25 heavy (non-hydrogen) atoms. The van der Waals surface area contributed by atoms with E-state index in [1.54, 1.807) is 34.6 Å². The normalized spacial score (nSPS) is 13.6. The van der Waals surface area contributed by atoms with Gasteiger partial charge >= 0.3 is 12.1 Å². The van der Waals surface area contributed by atoms with Gasteiger partial charge in [0.15, 0.2) is 0 Å². The van der Waals surface area contributed by atoms with Gasteiger partial charge in [-0.2, -0.15) is 0 Å². The molecular formula is C17H30N2O6. The van der Waals surface area contributed by atoms with Crippen molar-refractivity contribution in [2.45, 2.75) is 72.1 Å². The highest BCUT2D eigenvalue weighted by Gasteiger charge is 2.30. The fourth-order valence-electron chi connectivity index (χ4n) is 1.94. The van der Waals surface area contributed by atoms with Crippen LogP contribution in [0.1, 0.15) is 54.4 Å². The van der Waals surface area contributed by atoms with Gasteiger partial charge < -0.3 is 24.9 Å². The lowest BCUT2D eigenvalue weighted by Crippen LogP contribution is -2.54. The number of esters is 1. The molecule has 0 aromatic rings. The first-order valence-electron chi connectivity index (χ1n) is 8.24. The number of ether oxygens (including phenoxy) is 2. The Balaban J connectivity index is 5.11. The van der Waals surface area contributed by atoms with Gasteiger partial charge in [-0.25, -0.2) is 9.59 Å². The summed E-state index contributed by atoms with van der Waals surface area (Å²) in [4.78, 5) is 47.4. The fraction of sp³-hybridized carbons (Fsp3) is 0.765. The molecule has 0 aliphatic rings. The summed E-state index contributed by atoms with van der Waals surface area (Å²) in [6.45, 7) is 10.0. The molecule has 2 N–H and O–H groups in total. The molecule has 2 amide bonds. The quantitative estimate of drug-likeness (QED) is 0.637. The molecule has 0 radical (unpaired) electrons. The van der Waals surface area contributed by atoms with E-state index in [9.17, 15) is 19.2 Å². The second kappa shape index (κ2) is 10.0. The van der Waals surface area contributed by atoms with E-state index in [4.69, 9.17) is 4.74 Å². The Morgan fingerprint density at radius 2 is 1.60 bits per heavy atom. The van der Waals surface area contributed by atoms with Crippen LogP contribution in [-0.4, -0.2) is 48.5 Å². The van der Waals surface area contributed by atoms with Crippen molar-refractivity contribution >= 4 is 23.8 Å². The number of methoxy groups -OCH3 is 1. The summed E-state index contributed by atoms with van der Waals surface area (Å²) in [5.74, 6) is -1.47. The lowest BCUT2D eigenvalue weighted by atomic mass is 10.0. The molecule has 0 saturated heterocycles. The zero-order chi connectivity index (χ0) is 19.8. The highest BCUT2D eigenvalue weighted by Crippen LogP contribution is 2.09. The van der Waals surface area contributed by atoms with Crippen molar-refractivity contribution in [3.63, 3.8) is 0 Å². The minimum atomic E-state index is -0.996. The molecule has 0 unspecified atom stereocenters. The van der Waals surface area contributed by atoms with Crippen molar-refractivity contribution in [1.29, 1.82) is 0 Å². The van der Waals surface area contributed by atoms with Gasteiger partial charge in [-0.3, -0.25) is 4.79 Å². The molecule has 8 nitrogen and oxygen atoms in total. The molecule has 0 saturated carbocycles. The Hall–Kier alpha value is -2.12. The number of carbonyl (C=O) groups excluding carboxylic acids is 4. The second-order valence-corrected chi connectivity index (χ2v) is 7.19. The highest BCUT2D eigenvalue weighted by molar-refractivity contribution is 5.90. The summed E-state index contributed by atoms with van der Waals surface area (Å²) in [5.41, 5.74) is -0.724. The Bertz CT molecular complexity index is 496. The van der Waals surface area contributed by atoms with E-state index < -0.39 is 35.7 Å². The van der Waals surface area contributed by atoms with Crippen LogP contribution < -0.4 is 10.6 Å². The molecule has 0 bridgehead atoms. The van der Waals surface area contributed by atoms with Crippen molar-refractivity contribution in [3.8, 4) is 0 Å². The van der Waals surface area contributed by atoms with Crippen molar-refractivity contribution in [3.05, 3.63) is 0 Å². The minimum absolute atomic E-state index is 0.104. The molecule has 8 heteroatoms. The lowest BCUT2D eigenvalue weighted by Gasteiger charge is -2.25. The molecule has 0 aliphatic carbocycles. The number of carbonyl (C=O) groups is 4. The van der Waals surface area contributed by atoms with Gasteiger partial charge in [0.1, 0.15) is 23.5 Å². The maximum atomic E-state index is 12.5. The number of alkyl carbamates (subject to hydrolysis) is 1. The monoisotopic (exact) mass is 358 g/mol. The minimum Gasteiger partial charge on any atom is -0.467 e. The number of rotatable bonds is 8. The van der Waals surface area contributed by atoms with Gasteiger partial charge in [0, 0.05) is 6.42 Å². The molecule has 0 spiro atoms. The van der Waals surface area contributed by atoms with Crippen LogP contribution in [0.15, 0.2) is 0 Å². The predicted octanol–water partition coefficient (Wildman–Crippen LogP) is 1.56. The Morgan fingerprint density at radius 1 is 1.04 bits per heavy atom. The van der Waals surface area contributed by atoms with Crippen LogP contribution in [-0.2, 0) is 23.9 Å². The van der Waals surface area contributed by atoms with Gasteiger partial charge in [0.25, 0.3) is 0 Å². The Labute approximate surface area is 149 Å². The standard InChI is InChI=1S/C17H30N2O6/c1-10(2)13(15(22)24-7)19-14(21)12(9-8-11(3)20)18-16(23)25-17(4,5)6/h10,12-13H,8-9H2,1-7H3,(H,18,23)(H,19,21)/t12-,13-/m0/s1. The molecule has 0 aromatic heterocycles. The third-order valence-electron chi connectivity index (χ3n) is 3.21. The summed E-state index contributed by atoms with van der Waals surface area (Å²) >= 11 is 0. The van der Waals surface area contributed by atoms with E-state index in [0.717, 1.165) is 0 Å². The molecule has 0 fully saturated rings. The van der Waals surface area contributed by atoms with Gasteiger partial charge in [-0.15, -0.1) is 0 Å². The summed E-state index contributed by atoms with van der Waals surface area (Å²) in [6, 6.07) is -1.84. The van der Waals surface area contributed by atoms with Crippen LogP contribution in [0.2, 0.25) is 0 Å². The van der Waals surface area contributed by atoms with Crippen molar-refractivity contribution in [2.24, 2.45) is 5.92 Å². The van der Waals surface area contributed by atoms with Gasteiger partial charge in [0.2, 0.25) is 5.91 Å². The Kier molecular flexibility index (Phi) is 9.16.